The van der Waals surface area contributed by atoms with Crippen molar-refractivity contribution in [2.24, 2.45) is 0 Å². The van der Waals surface area contributed by atoms with Crippen LogP contribution in [-0.4, -0.2) is 14.7 Å². The number of nitrogens with one attached hydrogen (secondary N) is 1. The fourth-order valence-corrected chi connectivity index (χ4v) is 2.39. The van der Waals surface area contributed by atoms with Gasteiger partial charge in [-0.3, -0.25) is 9.35 Å². The Bertz CT molecular complexity index is 659. The summed E-state index contributed by atoms with van der Waals surface area (Å²) in [6.07, 6.45) is 0. The number of halogens is 1. The Balaban J connectivity index is 2.32. The maximum atomic E-state index is 12.9. The normalized spacial score (nSPS) is 11.8. The van der Waals surface area contributed by atoms with E-state index in [1.54, 1.807) is 24.3 Å². The van der Waals surface area contributed by atoms with Gasteiger partial charge in [-0.15, -0.1) is 0 Å². The van der Waals surface area contributed by atoms with Crippen LogP contribution < -0.4 is 9.62 Å². The highest BCUT2D eigenvalue weighted by atomic mass is 32.2. The van der Waals surface area contributed by atoms with Crippen molar-refractivity contribution in [3.63, 3.8) is 0 Å². The van der Waals surface area contributed by atoms with Crippen LogP contribution in [0.15, 0.2) is 48.5 Å². The molecule has 0 radical (unpaired) electrons. The van der Waals surface area contributed by atoms with Crippen LogP contribution in [0.5, 0.6) is 0 Å². The first kappa shape index (κ1) is 15.1. The third-order valence-corrected chi connectivity index (χ3v) is 3.37. The number of hydrogen-bond donors (Lipinski definition) is 2. The van der Waals surface area contributed by atoms with E-state index in [1.807, 2.05) is 0 Å². The van der Waals surface area contributed by atoms with E-state index in [1.165, 1.54) is 31.2 Å². The van der Waals surface area contributed by atoms with Crippen LogP contribution in [-0.2, 0) is 16.1 Å². The monoisotopic (exact) mass is 308 g/mol. The number of rotatable bonds is 4. The zero-order valence-electron chi connectivity index (χ0n) is 11.1. The summed E-state index contributed by atoms with van der Waals surface area (Å²) in [5, 5.41) is 2.60. The Hall–Kier alpha value is -2.25. The summed E-state index contributed by atoms with van der Waals surface area (Å²) in [5.41, 5.74) is 1.40. The molecule has 0 heterocycles. The summed E-state index contributed by atoms with van der Waals surface area (Å²) in [6, 6.07) is 11.6. The van der Waals surface area contributed by atoms with Gasteiger partial charge in [0.2, 0.25) is 5.91 Å². The second-order valence-corrected chi connectivity index (χ2v) is 5.06. The van der Waals surface area contributed by atoms with E-state index >= 15 is 0 Å². The molecular formula is C14H13FN2O3S. The molecule has 110 valence electrons. The summed E-state index contributed by atoms with van der Waals surface area (Å²) < 4.78 is 35.0. The molecule has 0 aliphatic carbocycles. The lowest BCUT2D eigenvalue weighted by molar-refractivity contribution is -0.114. The molecule has 0 saturated heterocycles. The quantitative estimate of drug-likeness (QED) is 0.853. The van der Waals surface area contributed by atoms with Gasteiger partial charge in [0.15, 0.2) is 0 Å². The Labute approximate surface area is 123 Å². The first-order valence-corrected chi connectivity index (χ1v) is 7.08. The number of anilines is 3. The first-order chi connectivity index (χ1) is 9.97. The van der Waals surface area contributed by atoms with E-state index in [0.29, 0.717) is 17.1 Å². The van der Waals surface area contributed by atoms with Gasteiger partial charge in [0.25, 0.3) is 11.3 Å². The van der Waals surface area contributed by atoms with E-state index in [2.05, 4.69) is 5.32 Å². The third-order valence-electron chi connectivity index (χ3n) is 2.64. The average Bonchev–Trinajstić information content (AvgIpc) is 2.42. The van der Waals surface area contributed by atoms with Crippen molar-refractivity contribution in [2.75, 3.05) is 9.62 Å². The molecule has 2 aromatic rings. The minimum atomic E-state index is -2.31. The van der Waals surface area contributed by atoms with Crippen LogP contribution in [0, 0.1) is 5.82 Å². The van der Waals surface area contributed by atoms with E-state index in [-0.39, 0.29) is 5.91 Å². The number of benzene rings is 2. The second-order valence-electron chi connectivity index (χ2n) is 4.23. The molecular weight excluding hydrogens is 295 g/mol. The Morgan fingerprint density at radius 2 is 1.57 bits per heavy atom. The number of hydrogen-bond acceptors (Lipinski definition) is 2. The highest BCUT2D eigenvalue weighted by Gasteiger charge is 2.15. The molecule has 5 nitrogen and oxygen atoms in total. The standard InChI is InChI=1S/C14H13FN2O3S/c1-10(18)16-12-4-8-14(9-5-12)17(21(19)20)13-6-2-11(15)3-7-13/h2-9H,1H3,(H,16,18)(H,19,20). The van der Waals surface area contributed by atoms with E-state index in [4.69, 9.17) is 0 Å². The van der Waals surface area contributed by atoms with Crippen molar-refractivity contribution in [3.8, 4) is 0 Å². The van der Waals surface area contributed by atoms with Crippen LogP contribution in [0.25, 0.3) is 0 Å². The fourth-order valence-electron chi connectivity index (χ4n) is 1.79. The Morgan fingerprint density at radius 3 is 2.00 bits per heavy atom. The molecule has 0 aromatic heterocycles. The molecule has 1 unspecified atom stereocenters. The van der Waals surface area contributed by atoms with Gasteiger partial charge in [-0.2, -0.15) is 0 Å². The highest BCUT2D eigenvalue weighted by molar-refractivity contribution is 7.81. The SMILES string of the molecule is CC(=O)Nc1ccc(N(c2ccc(F)cc2)S(=O)O)cc1. The first-order valence-electron chi connectivity index (χ1n) is 6.01. The predicted octanol–water partition coefficient (Wildman–Crippen LogP) is 3.06. The Kier molecular flexibility index (Phi) is 4.66. The largest absolute Gasteiger partial charge is 0.326 e. The molecule has 0 spiro atoms. The minimum absolute atomic E-state index is 0.205. The lowest BCUT2D eigenvalue weighted by Gasteiger charge is -2.20. The molecule has 0 aliphatic rings. The molecule has 0 fully saturated rings. The van der Waals surface area contributed by atoms with Crippen molar-refractivity contribution >= 4 is 34.2 Å². The van der Waals surface area contributed by atoms with Crippen LogP contribution in [0.2, 0.25) is 0 Å². The lowest BCUT2D eigenvalue weighted by Crippen LogP contribution is -2.19. The van der Waals surface area contributed by atoms with Crippen molar-refractivity contribution in [1.29, 1.82) is 0 Å². The van der Waals surface area contributed by atoms with Gasteiger partial charge < -0.3 is 5.32 Å². The minimum Gasteiger partial charge on any atom is -0.326 e. The molecule has 2 N–H and O–H groups in total. The van der Waals surface area contributed by atoms with Crippen LogP contribution in [0.1, 0.15) is 6.92 Å². The second kappa shape index (κ2) is 6.47. The zero-order chi connectivity index (χ0) is 15.4. The summed E-state index contributed by atoms with van der Waals surface area (Å²) in [5.74, 6) is -0.632. The number of nitrogens with zero attached hydrogens (tertiary/aromatic N) is 1. The number of carbonyl (C=O) groups excluding carboxylic acids is 1. The predicted molar refractivity (Wildman–Crippen MR) is 80.1 cm³/mol. The summed E-state index contributed by atoms with van der Waals surface area (Å²) in [7, 11) is 0. The van der Waals surface area contributed by atoms with Gasteiger partial charge in [-0.05, 0) is 48.5 Å². The Morgan fingerprint density at radius 1 is 1.10 bits per heavy atom. The van der Waals surface area contributed by atoms with Crippen molar-refractivity contribution in [1.82, 2.24) is 0 Å². The van der Waals surface area contributed by atoms with Crippen LogP contribution >= 0.6 is 0 Å². The van der Waals surface area contributed by atoms with Gasteiger partial charge in [-0.1, -0.05) is 0 Å². The van der Waals surface area contributed by atoms with Gasteiger partial charge in [0.05, 0.1) is 11.4 Å². The molecule has 7 heteroatoms. The molecule has 2 aromatic carbocycles. The van der Waals surface area contributed by atoms with Crippen LogP contribution in [0.4, 0.5) is 21.5 Å². The molecule has 21 heavy (non-hydrogen) atoms. The molecule has 0 aliphatic heterocycles. The van der Waals surface area contributed by atoms with Crippen molar-refractivity contribution in [3.05, 3.63) is 54.3 Å². The maximum absolute atomic E-state index is 12.9. The van der Waals surface area contributed by atoms with Gasteiger partial charge in [-0.25, -0.2) is 12.9 Å². The van der Waals surface area contributed by atoms with Crippen molar-refractivity contribution in [2.45, 2.75) is 6.92 Å². The fraction of sp³-hybridized carbons (Fsp3) is 0.0714. The van der Waals surface area contributed by atoms with E-state index < -0.39 is 17.1 Å². The summed E-state index contributed by atoms with van der Waals surface area (Å²) in [4.78, 5) is 10.9. The van der Waals surface area contributed by atoms with Crippen molar-refractivity contribution < 1.29 is 17.9 Å². The topological polar surface area (TPSA) is 69.6 Å². The van der Waals surface area contributed by atoms with Gasteiger partial charge in [0.1, 0.15) is 5.82 Å². The highest BCUT2D eigenvalue weighted by Crippen LogP contribution is 2.28. The van der Waals surface area contributed by atoms with Gasteiger partial charge >= 0.3 is 0 Å². The maximum Gasteiger partial charge on any atom is 0.266 e. The van der Waals surface area contributed by atoms with Crippen LogP contribution in [0.3, 0.4) is 0 Å². The van der Waals surface area contributed by atoms with Gasteiger partial charge in [0, 0.05) is 12.6 Å². The molecule has 1 atom stereocenters. The smallest absolute Gasteiger partial charge is 0.266 e. The molecule has 0 saturated carbocycles. The van der Waals surface area contributed by atoms with E-state index in [9.17, 15) is 17.9 Å². The number of amides is 1. The zero-order valence-corrected chi connectivity index (χ0v) is 11.9. The van der Waals surface area contributed by atoms with E-state index in [0.717, 1.165) is 4.31 Å². The summed E-state index contributed by atoms with van der Waals surface area (Å²) in [6.45, 7) is 1.39. The number of carbonyl (C=O) groups is 1. The molecule has 0 bridgehead atoms. The average molecular weight is 308 g/mol. The summed E-state index contributed by atoms with van der Waals surface area (Å²) >= 11 is -2.31. The third kappa shape index (κ3) is 3.87. The molecule has 1 amide bonds. The molecule has 2 rings (SSSR count). The lowest BCUT2D eigenvalue weighted by atomic mass is 10.2.